The van der Waals surface area contributed by atoms with Gasteiger partial charge in [-0.3, -0.25) is 4.98 Å². The van der Waals surface area contributed by atoms with Gasteiger partial charge in [0.2, 0.25) is 0 Å². The highest BCUT2D eigenvalue weighted by Crippen LogP contribution is 2.41. The second kappa shape index (κ2) is 5.31. The van der Waals surface area contributed by atoms with Crippen LogP contribution in [0.4, 0.5) is 0 Å². The van der Waals surface area contributed by atoms with Crippen molar-refractivity contribution in [3.05, 3.63) is 79.0 Å². The highest BCUT2D eigenvalue weighted by atomic mass is 15.0. The predicted octanol–water partition coefficient (Wildman–Crippen LogP) is 4.94. The molecule has 5 rings (SSSR count). The Hall–Kier alpha value is -2.94. The van der Waals surface area contributed by atoms with E-state index in [1.54, 1.807) is 0 Å². The highest BCUT2D eigenvalue weighted by Gasteiger charge is 2.23. The molecular weight excluding hydrogens is 294 g/mol. The molecule has 116 valence electrons. The molecule has 3 aromatic heterocycles. The fraction of sp³-hybridized carbons (Fsp3) is 0.143. The van der Waals surface area contributed by atoms with E-state index < -0.39 is 0 Å². The van der Waals surface area contributed by atoms with Gasteiger partial charge in [0.05, 0.1) is 23.7 Å². The summed E-state index contributed by atoms with van der Waals surface area (Å²) in [5.41, 5.74) is 7.11. The van der Waals surface area contributed by atoms with E-state index in [0.29, 0.717) is 0 Å². The molecule has 1 saturated carbocycles. The maximum absolute atomic E-state index is 4.69. The number of aromatic nitrogens is 3. The first kappa shape index (κ1) is 13.5. The van der Waals surface area contributed by atoms with Crippen LogP contribution >= 0.6 is 0 Å². The molecule has 0 saturated heterocycles. The standard InChI is InChI=1S/C21H17N3/c1-3-16(15-6-7-15)11-18(4-1)21-20(5-2-9-23-21)17-8-10-24-14-22-13-19(24)12-17/h1-5,8-15H,6-7H2. The molecule has 4 aromatic rings. The van der Waals surface area contributed by atoms with Crippen molar-refractivity contribution in [1.82, 2.24) is 14.4 Å². The van der Waals surface area contributed by atoms with Gasteiger partial charge in [0.25, 0.3) is 0 Å². The number of benzene rings is 1. The minimum Gasteiger partial charge on any atom is -0.306 e. The van der Waals surface area contributed by atoms with Crippen LogP contribution in [0, 0.1) is 0 Å². The average Bonchev–Trinajstić information content (AvgIpc) is 3.39. The lowest BCUT2D eigenvalue weighted by Crippen LogP contribution is -1.91. The summed E-state index contributed by atoms with van der Waals surface area (Å²) < 4.78 is 2.02. The van der Waals surface area contributed by atoms with Crippen LogP contribution in [0.25, 0.3) is 27.9 Å². The molecule has 0 spiro atoms. The van der Waals surface area contributed by atoms with E-state index in [1.807, 2.05) is 29.2 Å². The normalized spacial score (nSPS) is 14.2. The van der Waals surface area contributed by atoms with Crippen molar-refractivity contribution < 1.29 is 0 Å². The third-order valence-corrected chi connectivity index (χ3v) is 4.74. The smallest absolute Gasteiger partial charge is 0.0991 e. The molecule has 1 fully saturated rings. The van der Waals surface area contributed by atoms with Crippen LogP contribution in [0.15, 0.2) is 73.4 Å². The van der Waals surface area contributed by atoms with Gasteiger partial charge in [0, 0.05) is 23.5 Å². The molecule has 3 nitrogen and oxygen atoms in total. The summed E-state index contributed by atoms with van der Waals surface area (Å²) in [4.78, 5) is 8.89. The molecule has 1 aliphatic rings. The molecule has 0 radical (unpaired) electrons. The third-order valence-electron chi connectivity index (χ3n) is 4.74. The second-order valence-corrected chi connectivity index (χ2v) is 6.44. The Bertz CT molecular complexity index is 1030. The van der Waals surface area contributed by atoms with Gasteiger partial charge in [0.15, 0.2) is 0 Å². The number of hydrogen-bond acceptors (Lipinski definition) is 2. The number of rotatable bonds is 3. The van der Waals surface area contributed by atoms with Crippen molar-refractivity contribution in [2.45, 2.75) is 18.8 Å². The van der Waals surface area contributed by atoms with Gasteiger partial charge in [-0.1, -0.05) is 24.3 Å². The minimum atomic E-state index is 0.750. The first-order chi connectivity index (χ1) is 11.9. The lowest BCUT2D eigenvalue weighted by atomic mass is 9.98. The van der Waals surface area contributed by atoms with Crippen molar-refractivity contribution in [2.75, 3.05) is 0 Å². The summed E-state index contributed by atoms with van der Waals surface area (Å²) in [7, 11) is 0. The maximum Gasteiger partial charge on any atom is 0.0991 e. The first-order valence-corrected chi connectivity index (χ1v) is 8.36. The fourth-order valence-corrected chi connectivity index (χ4v) is 3.31. The van der Waals surface area contributed by atoms with Crippen LogP contribution in [0.3, 0.4) is 0 Å². The first-order valence-electron chi connectivity index (χ1n) is 8.36. The van der Waals surface area contributed by atoms with E-state index in [4.69, 9.17) is 4.98 Å². The molecule has 3 heteroatoms. The van der Waals surface area contributed by atoms with Crippen molar-refractivity contribution in [3.63, 3.8) is 0 Å². The molecule has 1 aromatic carbocycles. The van der Waals surface area contributed by atoms with Crippen LogP contribution in [-0.4, -0.2) is 14.4 Å². The van der Waals surface area contributed by atoms with Gasteiger partial charge in [-0.15, -0.1) is 0 Å². The molecular formula is C21H17N3. The van der Waals surface area contributed by atoms with Gasteiger partial charge in [-0.05, 0) is 54.2 Å². The molecule has 0 N–H and O–H groups in total. The lowest BCUT2D eigenvalue weighted by molar-refractivity contribution is 1.13. The van der Waals surface area contributed by atoms with Crippen molar-refractivity contribution >= 4 is 5.52 Å². The highest BCUT2D eigenvalue weighted by molar-refractivity contribution is 5.82. The zero-order chi connectivity index (χ0) is 15.9. The van der Waals surface area contributed by atoms with Gasteiger partial charge in [-0.2, -0.15) is 0 Å². The predicted molar refractivity (Wildman–Crippen MR) is 95.8 cm³/mol. The zero-order valence-corrected chi connectivity index (χ0v) is 13.3. The van der Waals surface area contributed by atoms with E-state index in [0.717, 1.165) is 22.7 Å². The number of imidazole rings is 1. The molecule has 0 atom stereocenters. The third kappa shape index (κ3) is 2.29. The van der Waals surface area contributed by atoms with E-state index >= 15 is 0 Å². The molecule has 0 aliphatic heterocycles. The topological polar surface area (TPSA) is 30.2 Å². The van der Waals surface area contributed by atoms with Gasteiger partial charge < -0.3 is 4.40 Å². The molecule has 1 aliphatic carbocycles. The molecule has 0 unspecified atom stereocenters. The Morgan fingerprint density at radius 1 is 0.958 bits per heavy atom. The minimum absolute atomic E-state index is 0.750. The number of pyridine rings is 2. The Morgan fingerprint density at radius 3 is 2.83 bits per heavy atom. The van der Waals surface area contributed by atoms with Crippen molar-refractivity contribution in [2.24, 2.45) is 0 Å². The summed E-state index contributed by atoms with van der Waals surface area (Å²) in [5.74, 6) is 0.750. The largest absolute Gasteiger partial charge is 0.306 e. The van der Waals surface area contributed by atoms with E-state index in [2.05, 4.69) is 53.6 Å². The van der Waals surface area contributed by atoms with E-state index in [1.165, 1.54) is 29.5 Å². The van der Waals surface area contributed by atoms with Gasteiger partial charge >= 0.3 is 0 Å². The summed E-state index contributed by atoms with van der Waals surface area (Å²) >= 11 is 0. The summed E-state index contributed by atoms with van der Waals surface area (Å²) in [6, 6.07) is 17.3. The van der Waals surface area contributed by atoms with Gasteiger partial charge in [-0.25, -0.2) is 4.98 Å². The molecule has 0 amide bonds. The quantitative estimate of drug-likeness (QED) is 0.536. The summed E-state index contributed by atoms with van der Waals surface area (Å²) in [6.07, 6.45) is 10.3. The van der Waals surface area contributed by atoms with Crippen LogP contribution in [0.5, 0.6) is 0 Å². The maximum atomic E-state index is 4.69. The van der Waals surface area contributed by atoms with Gasteiger partial charge in [0.1, 0.15) is 0 Å². The molecule has 0 bridgehead atoms. The van der Waals surface area contributed by atoms with E-state index in [9.17, 15) is 0 Å². The molecule has 24 heavy (non-hydrogen) atoms. The average molecular weight is 311 g/mol. The van der Waals surface area contributed by atoms with Crippen LogP contribution < -0.4 is 0 Å². The monoisotopic (exact) mass is 311 g/mol. The van der Waals surface area contributed by atoms with Crippen molar-refractivity contribution in [1.29, 1.82) is 0 Å². The fourth-order valence-electron chi connectivity index (χ4n) is 3.31. The Kier molecular flexibility index (Phi) is 2.98. The Morgan fingerprint density at radius 2 is 1.92 bits per heavy atom. The van der Waals surface area contributed by atoms with Crippen LogP contribution in [0.2, 0.25) is 0 Å². The lowest BCUT2D eigenvalue weighted by Gasteiger charge is -2.10. The number of nitrogens with zero attached hydrogens (tertiary/aromatic N) is 3. The second-order valence-electron chi connectivity index (χ2n) is 6.44. The van der Waals surface area contributed by atoms with Crippen LogP contribution in [0.1, 0.15) is 24.3 Å². The molecule has 3 heterocycles. The summed E-state index contributed by atoms with van der Waals surface area (Å²) in [6.45, 7) is 0. The van der Waals surface area contributed by atoms with Crippen LogP contribution in [-0.2, 0) is 0 Å². The zero-order valence-electron chi connectivity index (χ0n) is 13.3. The van der Waals surface area contributed by atoms with Crippen molar-refractivity contribution in [3.8, 4) is 22.4 Å². The van der Waals surface area contributed by atoms with E-state index in [-0.39, 0.29) is 0 Å². The SMILES string of the molecule is c1cc(-c2ncccc2-c2ccn3cncc3c2)cc(C2CC2)c1. The Balaban J connectivity index is 1.66. The summed E-state index contributed by atoms with van der Waals surface area (Å²) in [5, 5.41) is 0. The number of fused-ring (bicyclic) bond motifs is 1. The Labute approximate surface area is 140 Å². The number of hydrogen-bond donors (Lipinski definition) is 0.